The summed E-state index contributed by atoms with van der Waals surface area (Å²) in [7, 11) is 1.43. The molecular formula is C54H110N2O7P+. The second-order valence-electron chi connectivity index (χ2n) is 20.5. The first-order valence-electron chi connectivity index (χ1n) is 27.6. The number of phosphoric ester groups is 1. The highest BCUT2D eigenvalue weighted by molar-refractivity contribution is 7.47. The average Bonchev–Trinajstić information content (AvgIpc) is 3.25. The molecule has 4 atom stereocenters. The number of allylic oxidation sites excluding steroid dienone is 2. The monoisotopic (exact) mass is 930 g/mol. The molecule has 0 radical (unpaired) electrons. The molecule has 382 valence electrons. The zero-order valence-electron chi connectivity index (χ0n) is 43.2. The number of hydrogen-bond acceptors (Lipinski definition) is 6. The Labute approximate surface area is 397 Å². The number of nitrogens with one attached hydrogen (secondary N) is 1. The van der Waals surface area contributed by atoms with E-state index in [2.05, 4.69) is 31.3 Å². The molecule has 0 saturated carbocycles. The number of amides is 1. The van der Waals surface area contributed by atoms with Gasteiger partial charge in [0.25, 0.3) is 0 Å². The van der Waals surface area contributed by atoms with Crippen molar-refractivity contribution in [1.29, 1.82) is 0 Å². The van der Waals surface area contributed by atoms with Gasteiger partial charge in [-0.25, -0.2) is 4.57 Å². The molecule has 0 rings (SSSR count). The van der Waals surface area contributed by atoms with Gasteiger partial charge < -0.3 is 24.9 Å². The summed E-state index contributed by atoms with van der Waals surface area (Å²) in [5.41, 5.74) is 0. The summed E-state index contributed by atoms with van der Waals surface area (Å²) >= 11 is 0. The molecule has 9 nitrogen and oxygen atoms in total. The van der Waals surface area contributed by atoms with E-state index in [1.54, 1.807) is 0 Å². The fraction of sp³-hybridized carbons (Fsp3) is 0.944. The minimum atomic E-state index is -4.42. The first kappa shape index (κ1) is 63.2. The maximum Gasteiger partial charge on any atom is 0.472 e. The summed E-state index contributed by atoms with van der Waals surface area (Å²) in [5.74, 6) is -0.262. The number of quaternary nitrogens is 1. The van der Waals surface area contributed by atoms with E-state index >= 15 is 0 Å². The van der Waals surface area contributed by atoms with Gasteiger partial charge in [-0.1, -0.05) is 238 Å². The van der Waals surface area contributed by atoms with Gasteiger partial charge in [-0.15, -0.1) is 0 Å². The van der Waals surface area contributed by atoms with Gasteiger partial charge in [0.15, 0.2) is 0 Å². The molecular weight excluding hydrogens is 820 g/mol. The summed E-state index contributed by atoms with van der Waals surface area (Å²) in [6, 6.07) is -1.04. The van der Waals surface area contributed by atoms with E-state index in [0.717, 1.165) is 32.1 Å². The molecule has 1 amide bonds. The number of likely N-dealkylation sites (N-methyl/N-ethyl adjacent to an activating group) is 1. The fourth-order valence-corrected chi connectivity index (χ4v) is 9.18. The molecule has 10 heteroatoms. The van der Waals surface area contributed by atoms with Crippen LogP contribution in [0.25, 0.3) is 0 Å². The molecule has 0 aromatic carbocycles. The van der Waals surface area contributed by atoms with Gasteiger partial charge >= 0.3 is 7.82 Å². The topological polar surface area (TPSA) is 125 Å². The van der Waals surface area contributed by atoms with Gasteiger partial charge in [0.05, 0.1) is 39.9 Å². The lowest BCUT2D eigenvalue weighted by Crippen LogP contribution is -2.51. The highest BCUT2D eigenvalue weighted by Gasteiger charge is 2.31. The highest BCUT2D eigenvalue weighted by Crippen LogP contribution is 2.43. The Balaban J connectivity index is 4.14. The van der Waals surface area contributed by atoms with Crippen molar-refractivity contribution in [2.24, 2.45) is 0 Å². The second kappa shape index (κ2) is 46.0. The van der Waals surface area contributed by atoms with Crippen molar-refractivity contribution in [3.63, 3.8) is 0 Å². The Morgan fingerprint density at radius 1 is 0.531 bits per heavy atom. The van der Waals surface area contributed by atoms with E-state index in [-0.39, 0.29) is 12.5 Å². The van der Waals surface area contributed by atoms with E-state index in [1.165, 1.54) is 205 Å². The van der Waals surface area contributed by atoms with E-state index in [9.17, 15) is 24.5 Å². The number of carbonyl (C=O) groups excluding carboxylic acids is 1. The van der Waals surface area contributed by atoms with Gasteiger partial charge in [0.2, 0.25) is 5.91 Å². The lowest BCUT2D eigenvalue weighted by atomic mass is 10.0. The maximum atomic E-state index is 13.0. The molecule has 0 spiro atoms. The largest absolute Gasteiger partial charge is 0.472 e. The summed E-state index contributed by atoms with van der Waals surface area (Å²) in [5, 5.41) is 24.7. The van der Waals surface area contributed by atoms with Crippen molar-refractivity contribution in [3.8, 4) is 0 Å². The predicted octanol–water partition coefficient (Wildman–Crippen LogP) is 15.2. The van der Waals surface area contributed by atoms with Crippen LogP contribution in [-0.4, -0.2) is 84.6 Å². The normalized spacial score (nSPS) is 14.6. The highest BCUT2D eigenvalue weighted by atomic mass is 31.2. The summed E-state index contributed by atoms with van der Waals surface area (Å²) < 4.78 is 23.6. The van der Waals surface area contributed by atoms with Crippen molar-refractivity contribution in [2.45, 2.75) is 289 Å². The van der Waals surface area contributed by atoms with Crippen LogP contribution in [0.2, 0.25) is 0 Å². The van der Waals surface area contributed by atoms with Crippen molar-refractivity contribution < 1.29 is 38.0 Å². The minimum Gasteiger partial charge on any atom is -0.390 e. The zero-order chi connectivity index (χ0) is 47.3. The van der Waals surface area contributed by atoms with Crippen LogP contribution in [0.4, 0.5) is 0 Å². The third-order valence-electron chi connectivity index (χ3n) is 12.9. The van der Waals surface area contributed by atoms with Crippen LogP contribution in [0.1, 0.15) is 271 Å². The summed E-state index contributed by atoms with van der Waals surface area (Å²) in [4.78, 5) is 23.3. The molecule has 0 aliphatic heterocycles. The smallest absolute Gasteiger partial charge is 0.390 e. The molecule has 0 aliphatic carbocycles. The molecule has 0 aromatic heterocycles. The van der Waals surface area contributed by atoms with Crippen molar-refractivity contribution in [3.05, 3.63) is 12.2 Å². The number of nitrogens with zero attached hydrogens (tertiary/aromatic N) is 1. The number of phosphoric acid groups is 1. The molecule has 0 saturated heterocycles. The molecule has 0 heterocycles. The lowest BCUT2D eigenvalue weighted by molar-refractivity contribution is -0.870. The fourth-order valence-electron chi connectivity index (χ4n) is 8.44. The van der Waals surface area contributed by atoms with Crippen LogP contribution in [0.5, 0.6) is 0 Å². The SMILES string of the molecule is CCCCCCCCC/C=C/CCCC(O)C(O)C(COP(=O)(O)OCC[N+](C)(C)C)NC(=O)CCCCCCCCCCCCCCCCCCCCCCCCCCCCCC. The van der Waals surface area contributed by atoms with Crippen LogP contribution in [-0.2, 0) is 18.4 Å². The van der Waals surface area contributed by atoms with E-state index in [0.29, 0.717) is 30.3 Å². The standard InChI is InChI=1S/C54H109N2O7P/c1-6-8-10-12-14-16-18-20-21-22-23-24-25-26-27-28-29-30-31-32-33-34-35-37-39-41-43-45-47-53(58)55-51(50-63-64(60,61)62-49-48-56(3,4)5)54(59)52(57)46-44-42-40-38-36-19-17-15-13-11-9-7-2/h38,40,51-52,54,57,59H,6-37,39,41-50H2,1-5H3,(H-,55,58,60,61)/p+1/b40-38+. The summed E-state index contributed by atoms with van der Waals surface area (Å²) in [6.45, 7) is 4.61. The van der Waals surface area contributed by atoms with Crippen molar-refractivity contribution in [1.82, 2.24) is 5.32 Å². The predicted molar refractivity (Wildman–Crippen MR) is 274 cm³/mol. The molecule has 4 unspecified atom stereocenters. The van der Waals surface area contributed by atoms with E-state index in [1.807, 2.05) is 21.1 Å². The Kier molecular flexibility index (Phi) is 45.4. The number of aliphatic hydroxyl groups is 2. The number of rotatable bonds is 51. The van der Waals surface area contributed by atoms with Gasteiger partial charge in [0, 0.05) is 6.42 Å². The Bertz CT molecular complexity index is 1070. The average molecular weight is 930 g/mol. The number of unbranched alkanes of at least 4 members (excludes halogenated alkanes) is 35. The Hall–Kier alpha value is -0.800. The third-order valence-corrected chi connectivity index (χ3v) is 13.8. The van der Waals surface area contributed by atoms with Crippen molar-refractivity contribution >= 4 is 13.7 Å². The Morgan fingerprint density at radius 2 is 0.875 bits per heavy atom. The second-order valence-corrected chi connectivity index (χ2v) is 21.9. The molecule has 0 aliphatic rings. The number of aliphatic hydroxyl groups excluding tert-OH is 2. The summed E-state index contributed by atoms with van der Waals surface area (Å²) in [6.07, 6.45) is 51.7. The van der Waals surface area contributed by atoms with Crippen molar-refractivity contribution in [2.75, 3.05) is 40.9 Å². The molecule has 4 N–H and O–H groups in total. The Morgan fingerprint density at radius 3 is 1.25 bits per heavy atom. The van der Waals surface area contributed by atoms with Gasteiger partial charge in [0.1, 0.15) is 19.3 Å². The van der Waals surface area contributed by atoms with Crippen LogP contribution in [0.15, 0.2) is 12.2 Å². The zero-order valence-corrected chi connectivity index (χ0v) is 44.1. The van der Waals surface area contributed by atoms with Crippen LogP contribution >= 0.6 is 7.82 Å². The molecule has 0 bridgehead atoms. The number of hydrogen-bond donors (Lipinski definition) is 4. The van der Waals surface area contributed by atoms with E-state index in [4.69, 9.17) is 9.05 Å². The van der Waals surface area contributed by atoms with E-state index < -0.39 is 32.7 Å². The first-order chi connectivity index (χ1) is 30.9. The molecule has 0 fully saturated rings. The third kappa shape index (κ3) is 46.3. The minimum absolute atomic E-state index is 0.0195. The molecule has 0 aromatic rings. The van der Waals surface area contributed by atoms with Gasteiger partial charge in [-0.3, -0.25) is 13.8 Å². The van der Waals surface area contributed by atoms with Gasteiger partial charge in [-0.05, 0) is 38.5 Å². The van der Waals surface area contributed by atoms with Gasteiger partial charge in [-0.2, -0.15) is 0 Å². The van der Waals surface area contributed by atoms with Crippen LogP contribution in [0.3, 0.4) is 0 Å². The maximum absolute atomic E-state index is 13.0. The quantitative estimate of drug-likeness (QED) is 0.0207. The van der Waals surface area contributed by atoms with Crippen LogP contribution < -0.4 is 5.32 Å². The first-order valence-corrected chi connectivity index (χ1v) is 29.1. The molecule has 64 heavy (non-hydrogen) atoms. The van der Waals surface area contributed by atoms with Crippen LogP contribution in [0, 0.1) is 0 Å². The lowest BCUT2D eigenvalue weighted by Gasteiger charge is -2.28. The number of carbonyl (C=O) groups is 1.